The molecule has 1 aromatic carbocycles. The van der Waals surface area contributed by atoms with Gasteiger partial charge in [0, 0.05) is 31.3 Å². The second kappa shape index (κ2) is 6.45. The van der Waals surface area contributed by atoms with E-state index in [2.05, 4.69) is 0 Å². The molecule has 1 amide bonds. The molecule has 2 rings (SSSR count). The number of amides is 1. The molecule has 1 fully saturated rings. The van der Waals surface area contributed by atoms with E-state index in [9.17, 15) is 4.79 Å². The molecule has 1 saturated heterocycles. The lowest BCUT2D eigenvalue weighted by atomic mass is 10.1. The Labute approximate surface area is 114 Å². The van der Waals surface area contributed by atoms with E-state index < -0.39 is 0 Å². The third-order valence-electron chi connectivity index (χ3n) is 3.52. The fraction of sp³-hybridized carbons (Fsp3) is 0.533. The van der Waals surface area contributed by atoms with Crippen LogP contribution in [0.1, 0.15) is 37.7 Å². The van der Waals surface area contributed by atoms with Crippen LogP contribution >= 0.6 is 0 Å². The number of anilines is 1. The van der Waals surface area contributed by atoms with E-state index in [1.807, 2.05) is 17.0 Å². The highest BCUT2D eigenvalue weighted by molar-refractivity contribution is 5.76. The minimum Gasteiger partial charge on any atom is -0.497 e. The fourth-order valence-electron chi connectivity index (χ4n) is 2.50. The van der Waals surface area contributed by atoms with Gasteiger partial charge in [0.1, 0.15) is 5.75 Å². The summed E-state index contributed by atoms with van der Waals surface area (Å²) >= 11 is 0. The fourth-order valence-corrected chi connectivity index (χ4v) is 2.50. The number of nitrogen functional groups attached to an aromatic ring is 1. The number of benzene rings is 1. The van der Waals surface area contributed by atoms with Gasteiger partial charge in [0.05, 0.1) is 7.11 Å². The normalized spacial score (nSPS) is 16.9. The second-order valence-electron chi connectivity index (χ2n) is 5.09. The van der Waals surface area contributed by atoms with Gasteiger partial charge in [-0.05, 0) is 30.5 Å². The minimum absolute atomic E-state index is 0.251. The summed E-state index contributed by atoms with van der Waals surface area (Å²) in [6.45, 7) is 1.47. The molecule has 0 aromatic heterocycles. The molecule has 1 heterocycles. The summed E-state index contributed by atoms with van der Waals surface area (Å²) in [7, 11) is 1.62. The Kier molecular flexibility index (Phi) is 4.66. The number of rotatable bonds is 3. The van der Waals surface area contributed by atoms with Crippen molar-refractivity contribution in [2.75, 3.05) is 19.4 Å². The first-order valence-corrected chi connectivity index (χ1v) is 6.90. The van der Waals surface area contributed by atoms with Crippen molar-refractivity contribution in [3.05, 3.63) is 23.8 Å². The van der Waals surface area contributed by atoms with E-state index in [0.717, 1.165) is 30.7 Å². The van der Waals surface area contributed by atoms with Gasteiger partial charge < -0.3 is 15.4 Å². The van der Waals surface area contributed by atoms with Crippen molar-refractivity contribution >= 4 is 11.6 Å². The van der Waals surface area contributed by atoms with Gasteiger partial charge in [-0.15, -0.1) is 0 Å². The first-order chi connectivity index (χ1) is 9.19. The molecule has 19 heavy (non-hydrogen) atoms. The van der Waals surface area contributed by atoms with Crippen LogP contribution in [-0.4, -0.2) is 24.5 Å². The quantitative estimate of drug-likeness (QED) is 0.852. The van der Waals surface area contributed by atoms with Gasteiger partial charge in [-0.2, -0.15) is 0 Å². The Balaban J connectivity index is 2.09. The van der Waals surface area contributed by atoms with Gasteiger partial charge in [-0.25, -0.2) is 0 Å². The van der Waals surface area contributed by atoms with Crippen LogP contribution in [0.3, 0.4) is 0 Å². The Hall–Kier alpha value is -1.71. The van der Waals surface area contributed by atoms with Crippen LogP contribution in [0.25, 0.3) is 0 Å². The van der Waals surface area contributed by atoms with Crippen LogP contribution in [0.4, 0.5) is 5.69 Å². The number of carbonyl (C=O) groups excluding carboxylic acids is 1. The molecule has 1 aliphatic rings. The second-order valence-corrected chi connectivity index (χ2v) is 5.09. The Bertz CT molecular complexity index is 446. The summed E-state index contributed by atoms with van der Waals surface area (Å²) < 4.78 is 5.21. The van der Waals surface area contributed by atoms with E-state index >= 15 is 0 Å². The van der Waals surface area contributed by atoms with Crippen LogP contribution < -0.4 is 10.5 Å². The first kappa shape index (κ1) is 13.7. The molecule has 0 spiro atoms. The molecule has 4 nitrogen and oxygen atoms in total. The molecule has 104 valence electrons. The molecule has 1 aromatic rings. The lowest BCUT2D eigenvalue weighted by Gasteiger charge is -2.25. The van der Waals surface area contributed by atoms with Gasteiger partial charge in [-0.3, -0.25) is 4.79 Å². The van der Waals surface area contributed by atoms with Crippen LogP contribution in [-0.2, 0) is 11.3 Å². The summed E-state index contributed by atoms with van der Waals surface area (Å²) in [6.07, 6.45) is 5.15. The Morgan fingerprint density at radius 2 is 2.00 bits per heavy atom. The van der Waals surface area contributed by atoms with Crippen molar-refractivity contribution in [3.8, 4) is 5.75 Å². The maximum absolute atomic E-state index is 12.1. The first-order valence-electron chi connectivity index (χ1n) is 6.90. The Morgan fingerprint density at radius 1 is 1.21 bits per heavy atom. The number of nitrogens with two attached hydrogens (primary N) is 1. The highest BCUT2D eigenvalue weighted by atomic mass is 16.5. The van der Waals surface area contributed by atoms with Crippen LogP contribution in [0.5, 0.6) is 5.75 Å². The van der Waals surface area contributed by atoms with Crippen molar-refractivity contribution in [1.82, 2.24) is 4.90 Å². The van der Waals surface area contributed by atoms with Crippen molar-refractivity contribution < 1.29 is 9.53 Å². The number of hydrogen-bond donors (Lipinski definition) is 1. The van der Waals surface area contributed by atoms with Crippen LogP contribution in [0, 0.1) is 0 Å². The molecule has 2 N–H and O–H groups in total. The molecule has 0 atom stereocenters. The molecule has 0 saturated carbocycles. The topological polar surface area (TPSA) is 55.6 Å². The minimum atomic E-state index is 0.251. The van der Waals surface area contributed by atoms with Crippen molar-refractivity contribution in [3.63, 3.8) is 0 Å². The number of methoxy groups -OCH3 is 1. The molecule has 1 aliphatic heterocycles. The molecule has 4 heteroatoms. The van der Waals surface area contributed by atoms with E-state index in [0.29, 0.717) is 18.7 Å². The van der Waals surface area contributed by atoms with E-state index in [1.165, 1.54) is 12.8 Å². The lowest BCUT2D eigenvalue weighted by molar-refractivity contribution is -0.132. The zero-order chi connectivity index (χ0) is 13.7. The summed E-state index contributed by atoms with van der Waals surface area (Å²) in [5.41, 5.74) is 7.56. The average molecular weight is 262 g/mol. The van der Waals surface area contributed by atoms with Crippen molar-refractivity contribution in [1.29, 1.82) is 0 Å². The number of ether oxygens (including phenoxy) is 1. The van der Waals surface area contributed by atoms with Gasteiger partial charge in [-0.1, -0.05) is 12.8 Å². The predicted molar refractivity (Wildman–Crippen MR) is 75.9 cm³/mol. The molecule has 0 radical (unpaired) electrons. The summed E-state index contributed by atoms with van der Waals surface area (Å²) in [5.74, 6) is 0.996. The van der Waals surface area contributed by atoms with Gasteiger partial charge in [0.2, 0.25) is 5.91 Å². The van der Waals surface area contributed by atoms with Crippen LogP contribution in [0.15, 0.2) is 18.2 Å². The van der Waals surface area contributed by atoms with E-state index in [1.54, 1.807) is 13.2 Å². The number of likely N-dealkylation sites (tertiary alicyclic amines) is 1. The van der Waals surface area contributed by atoms with E-state index in [4.69, 9.17) is 10.5 Å². The molecular weight excluding hydrogens is 240 g/mol. The van der Waals surface area contributed by atoms with Crippen molar-refractivity contribution in [2.45, 2.75) is 38.6 Å². The van der Waals surface area contributed by atoms with E-state index in [-0.39, 0.29) is 5.91 Å². The average Bonchev–Trinajstić information content (AvgIpc) is 2.38. The third-order valence-corrected chi connectivity index (χ3v) is 3.52. The summed E-state index contributed by atoms with van der Waals surface area (Å²) in [4.78, 5) is 14.0. The zero-order valence-corrected chi connectivity index (χ0v) is 11.5. The SMILES string of the molecule is COc1cc(N)cc(CN2CCCCCCC2=O)c1. The standard InChI is InChI=1S/C15H22N2O2/c1-19-14-9-12(8-13(16)10-14)11-17-7-5-3-2-4-6-15(17)18/h8-10H,2-7,11,16H2,1H3. The highest BCUT2D eigenvalue weighted by Crippen LogP contribution is 2.21. The van der Waals surface area contributed by atoms with Crippen LogP contribution in [0.2, 0.25) is 0 Å². The number of carbonyl (C=O) groups is 1. The molecular formula is C15H22N2O2. The predicted octanol–water partition coefficient (Wildman–Crippen LogP) is 2.57. The summed E-state index contributed by atoms with van der Waals surface area (Å²) in [5, 5.41) is 0. The monoisotopic (exact) mass is 262 g/mol. The number of nitrogens with zero attached hydrogens (tertiary/aromatic N) is 1. The zero-order valence-electron chi connectivity index (χ0n) is 11.5. The van der Waals surface area contributed by atoms with Gasteiger partial charge in [0.25, 0.3) is 0 Å². The molecule has 0 bridgehead atoms. The highest BCUT2D eigenvalue weighted by Gasteiger charge is 2.16. The maximum atomic E-state index is 12.1. The molecule has 0 unspecified atom stereocenters. The summed E-state index contributed by atoms with van der Waals surface area (Å²) in [6, 6.07) is 5.65. The third kappa shape index (κ3) is 3.88. The lowest BCUT2D eigenvalue weighted by Crippen LogP contribution is -2.32. The molecule has 0 aliphatic carbocycles. The van der Waals surface area contributed by atoms with Gasteiger partial charge in [0.15, 0.2) is 0 Å². The largest absolute Gasteiger partial charge is 0.497 e. The smallest absolute Gasteiger partial charge is 0.222 e. The van der Waals surface area contributed by atoms with Crippen molar-refractivity contribution in [2.24, 2.45) is 0 Å². The van der Waals surface area contributed by atoms with Gasteiger partial charge >= 0.3 is 0 Å². The number of hydrogen-bond acceptors (Lipinski definition) is 3. The Morgan fingerprint density at radius 3 is 2.79 bits per heavy atom. The maximum Gasteiger partial charge on any atom is 0.222 e.